The molecule has 4 rings (SSSR count). The Labute approximate surface area is 197 Å². The molecule has 0 fully saturated rings. The van der Waals surface area contributed by atoms with Crippen LogP contribution in [0.25, 0.3) is 11.3 Å². The Hall–Kier alpha value is -4.13. The van der Waals surface area contributed by atoms with E-state index in [-0.39, 0.29) is 12.2 Å². The van der Waals surface area contributed by atoms with Crippen molar-refractivity contribution in [3.63, 3.8) is 0 Å². The highest BCUT2D eigenvalue weighted by Gasteiger charge is 2.12. The molecule has 174 valence electrons. The number of ether oxygens (including phenoxy) is 1. The number of aryl methyl sites for hydroxylation is 2. The topological polar surface area (TPSA) is 76.4 Å². The van der Waals surface area contributed by atoms with Gasteiger partial charge < -0.3 is 15.2 Å². The number of aromatic nitrogens is 2. The molecule has 0 radical (unpaired) electrons. The molecule has 0 bridgehead atoms. The second-order valence-electron chi connectivity index (χ2n) is 8.03. The minimum atomic E-state index is -0.789. The van der Waals surface area contributed by atoms with Crippen LogP contribution >= 0.6 is 0 Å². The number of benzene rings is 3. The molecule has 4 aromatic rings. The summed E-state index contributed by atoms with van der Waals surface area (Å²) in [6.07, 6.45) is 2.43. The van der Waals surface area contributed by atoms with Crippen molar-refractivity contribution < 1.29 is 19.0 Å². The number of halogens is 1. The van der Waals surface area contributed by atoms with E-state index in [9.17, 15) is 9.18 Å². The van der Waals surface area contributed by atoms with Crippen LogP contribution in [0.15, 0.2) is 79.0 Å². The van der Waals surface area contributed by atoms with Crippen LogP contribution < -0.4 is 10.1 Å². The molecule has 0 spiro atoms. The molecule has 0 aliphatic rings. The number of carboxylic acid groups (broad SMARTS) is 1. The van der Waals surface area contributed by atoms with Gasteiger partial charge in [-0.3, -0.25) is 9.48 Å². The van der Waals surface area contributed by atoms with Crippen molar-refractivity contribution in [3.05, 3.63) is 102 Å². The molecule has 34 heavy (non-hydrogen) atoms. The summed E-state index contributed by atoms with van der Waals surface area (Å²) in [5, 5.41) is 16.5. The van der Waals surface area contributed by atoms with Crippen LogP contribution in [0, 0.1) is 5.82 Å². The van der Waals surface area contributed by atoms with E-state index >= 15 is 0 Å². The van der Waals surface area contributed by atoms with Crippen LogP contribution in [-0.2, 0) is 31.4 Å². The Morgan fingerprint density at radius 3 is 2.35 bits per heavy atom. The van der Waals surface area contributed by atoms with E-state index < -0.39 is 5.97 Å². The van der Waals surface area contributed by atoms with E-state index in [1.54, 1.807) is 23.0 Å². The molecule has 3 aromatic carbocycles. The van der Waals surface area contributed by atoms with E-state index in [1.807, 2.05) is 55.6 Å². The van der Waals surface area contributed by atoms with Crippen molar-refractivity contribution in [2.45, 2.75) is 26.0 Å². The zero-order valence-electron chi connectivity index (χ0n) is 18.9. The van der Waals surface area contributed by atoms with Gasteiger partial charge in [0.25, 0.3) is 0 Å². The SMILES string of the molecule is Cn1ncc(COc2ccc(CNc3ccc(CCC(=O)O)cc3)cc2)c1-c1ccc(F)cc1. The molecule has 2 N–H and O–H groups in total. The van der Waals surface area contributed by atoms with Crippen LogP contribution in [0.1, 0.15) is 23.1 Å². The summed E-state index contributed by atoms with van der Waals surface area (Å²) in [6, 6.07) is 22.0. The molecule has 1 aromatic heterocycles. The van der Waals surface area contributed by atoms with Crippen LogP contribution in [0.4, 0.5) is 10.1 Å². The van der Waals surface area contributed by atoms with Crippen molar-refractivity contribution in [2.24, 2.45) is 7.05 Å². The fraction of sp³-hybridized carbons (Fsp3) is 0.185. The van der Waals surface area contributed by atoms with Gasteiger partial charge in [0.2, 0.25) is 0 Å². The first-order valence-electron chi connectivity index (χ1n) is 11.0. The van der Waals surface area contributed by atoms with Gasteiger partial charge in [0.15, 0.2) is 0 Å². The molecule has 6 nitrogen and oxygen atoms in total. The van der Waals surface area contributed by atoms with Gasteiger partial charge in [0, 0.05) is 36.8 Å². The van der Waals surface area contributed by atoms with Crippen LogP contribution in [0.5, 0.6) is 5.75 Å². The lowest BCUT2D eigenvalue weighted by molar-refractivity contribution is -0.136. The van der Waals surface area contributed by atoms with Crippen LogP contribution in [0.2, 0.25) is 0 Å². The standard InChI is InChI=1S/C27H26FN3O3/c1-31-27(21-7-9-23(28)10-8-21)22(17-30-31)18-34-25-13-4-20(5-14-25)16-29-24-11-2-19(3-12-24)6-15-26(32)33/h2-5,7-14,17,29H,6,15-16,18H2,1H3,(H,32,33). The Morgan fingerprint density at radius 2 is 1.68 bits per heavy atom. The van der Waals surface area contributed by atoms with Gasteiger partial charge in [-0.2, -0.15) is 5.10 Å². The van der Waals surface area contributed by atoms with E-state index in [2.05, 4.69) is 10.4 Å². The molecule has 0 aliphatic heterocycles. The Balaban J connectivity index is 1.31. The smallest absolute Gasteiger partial charge is 0.303 e. The first kappa shape index (κ1) is 23.0. The first-order chi connectivity index (χ1) is 16.5. The van der Waals surface area contributed by atoms with E-state index in [4.69, 9.17) is 9.84 Å². The molecule has 0 atom stereocenters. The second kappa shape index (κ2) is 10.7. The number of aliphatic carboxylic acids is 1. The van der Waals surface area contributed by atoms with Gasteiger partial charge in [0.05, 0.1) is 11.9 Å². The largest absolute Gasteiger partial charge is 0.489 e. The maximum Gasteiger partial charge on any atom is 0.303 e. The summed E-state index contributed by atoms with van der Waals surface area (Å²) >= 11 is 0. The minimum absolute atomic E-state index is 0.134. The molecule has 1 heterocycles. The molecule has 0 amide bonds. The fourth-order valence-corrected chi connectivity index (χ4v) is 3.68. The molecule has 0 aliphatic carbocycles. The number of hydrogen-bond donors (Lipinski definition) is 2. The fourth-order valence-electron chi connectivity index (χ4n) is 3.68. The molecular formula is C27H26FN3O3. The minimum Gasteiger partial charge on any atom is -0.489 e. The highest BCUT2D eigenvalue weighted by Crippen LogP contribution is 2.25. The van der Waals surface area contributed by atoms with Gasteiger partial charge in [-0.25, -0.2) is 4.39 Å². The normalized spacial score (nSPS) is 10.8. The first-order valence-corrected chi connectivity index (χ1v) is 11.0. The molecular weight excluding hydrogens is 433 g/mol. The number of carboxylic acids is 1. The van der Waals surface area contributed by atoms with Gasteiger partial charge in [-0.15, -0.1) is 0 Å². The van der Waals surface area contributed by atoms with Crippen molar-refractivity contribution in [2.75, 3.05) is 5.32 Å². The van der Waals surface area contributed by atoms with Gasteiger partial charge in [-0.1, -0.05) is 24.3 Å². The zero-order chi connectivity index (χ0) is 23.9. The third kappa shape index (κ3) is 6.01. The molecule has 0 saturated carbocycles. The summed E-state index contributed by atoms with van der Waals surface area (Å²) < 4.78 is 21.0. The lowest BCUT2D eigenvalue weighted by atomic mass is 10.1. The summed E-state index contributed by atoms with van der Waals surface area (Å²) in [5.41, 5.74) is 5.79. The maximum absolute atomic E-state index is 13.3. The molecule has 7 heteroatoms. The summed E-state index contributed by atoms with van der Waals surface area (Å²) in [7, 11) is 1.85. The third-order valence-electron chi connectivity index (χ3n) is 5.53. The Kier molecular flexibility index (Phi) is 7.22. The molecule has 0 saturated heterocycles. The summed E-state index contributed by atoms with van der Waals surface area (Å²) in [4.78, 5) is 10.7. The van der Waals surface area contributed by atoms with Gasteiger partial charge in [-0.05, 0) is 66.1 Å². The average Bonchev–Trinajstić information content (AvgIpc) is 3.22. The van der Waals surface area contributed by atoms with Crippen molar-refractivity contribution in [1.29, 1.82) is 0 Å². The Morgan fingerprint density at radius 1 is 1.00 bits per heavy atom. The second-order valence-corrected chi connectivity index (χ2v) is 8.03. The van der Waals surface area contributed by atoms with E-state index in [0.29, 0.717) is 19.6 Å². The lowest BCUT2D eigenvalue weighted by Crippen LogP contribution is -2.01. The van der Waals surface area contributed by atoms with E-state index in [1.165, 1.54) is 12.1 Å². The average molecular weight is 460 g/mol. The van der Waals surface area contributed by atoms with Gasteiger partial charge >= 0.3 is 5.97 Å². The quantitative estimate of drug-likeness (QED) is 0.331. The number of anilines is 1. The van der Waals surface area contributed by atoms with Gasteiger partial charge in [0.1, 0.15) is 18.2 Å². The van der Waals surface area contributed by atoms with E-state index in [0.717, 1.165) is 39.4 Å². The number of nitrogens with one attached hydrogen (secondary N) is 1. The van der Waals surface area contributed by atoms with Crippen molar-refractivity contribution in [3.8, 4) is 17.0 Å². The number of carbonyl (C=O) groups is 1. The van der Waals surface area contributed by atoms with Crippen molar-refractivity contribution in [1.82, 2.24) is 9.78 Å². The lowest BCUT2D eigenvalue weighted by Gasteiger charge is -2.10. The third-order valence-corrected chi connectivity index (χ3v) is 5.53. The number of nitrogens with zero attached hydrogens (tertiary/aromatic N) is 2. The number of hydrogen-bond acceptors (Lipinski definition) is 4. The van der Waals surface area contributed by atoms with Crippen molar-refractivity contribution >= 4 is 11.7 Å². The maximum atomic E-state index is 13.3. The number of rotatable bonds is 10. The highest BCUT2D eigenvalue weighted by molar-refractivity contribution is 5.67. The summed E-state index contributed by atoms with van der Waals surface area (Å²) in [6.45, 7) is 1.01. The Bertz CT molecular complexity index is 1230. The zero-order valence-corrected chi connectivity index (χ0v) is 18.9. The monoisotopic (exact) mass is 459 g/mol. The van der Waals surface area contributed by atoms with Crippen LogP contribution in [-0.4, -0.2) is 20.9 Å². The predicted octanol–water partition coefficient (Wildman–Crippen LogP) is 5.43. The highest BCUT2D eigenvalue weighted by atomic mass is 19.1. The summed E-state index contributed by atoms with van der Waals surface area (Å²) in [5.74, 6) is -0.310. The predicted molar refractivity (Wildman–Crippen MR) is 129 cm³/mol. The molecule has 0 unspecified atom stereocenters. The van der Waals surface area contributed by atoms with Crippen LogP contribution in [0.3, 0.4) is 0 Å².